The van der Waals surface area contributed by atoms with Gasteiger partial charge in [0.1, 0.15) is 24.2 Å². The van der Waals surface area contributed by atoms with Crippen LogP contribution >= 0.6 is 11.6 Å². The average Bonchev–Trinajstić information content (AvgIpc) is 2.94. The minimum absolute atomic E-state index is 0.0814. The Morgan fingerprint density at radius 1 is 1.18 bits per heavy atom. The topological polar surface area (TPSA) is 100 Å². The Kier molecular flexibility index (Phi) is 9.47. The SMILES string of the molecule is C=COc1cc2ncc(C#N)c(Nc3ccc(OCc4ccccn4)c(Cl)c3)c2cc1CC(=O)/C=C/CN(C)C. The summed E-state index contributed by atoms with van der Waals surface area (Å²) in [7, 11) is 3.86. The number of hydrogen-bond acceptors (Lipinski definition) is 8. The second kappa shape index (κ2) is 13.4. The fourth-order valence-corrected chi connectivity index (χ4v) is 4.17. The molecule has 9 heteroatoms. The fraction of sp³-hybridized carbons (Fsp3) is 0.161. The molecule has 2 aromatic heterocycles. The van der Waals surface area contributed by atoms with Crippen LogP contribution in [0.2, 0.25) is 5.02 Å². The summed E-state index contributed by atoms with van der Waals surface area (Å²) in [6.07, 6.45) is 7.97. The minimum atomic E-state index is -0.0814. The van der Waals surface area contributed by atoms with E-state index in [4.69, 9.17) is 21.1 Å². The maximum atomic E-state index is 12.7. The van der Waals surface area contributed by atoms with Gasteiger partial charge in [-0.15, -0.1) is 0 Å². The lowest BCUT2D eigenvalue weighted by Crippen LogP contribution is -2.11. The highest BCUT2D eigenvalue weighted by molar-refractivity contribution is 6.32. The molecule has 2 aromatic carbocycles. The molecule has 0 radical (unpaired) electrons. The van der Waals surface area contributed by atoms with E-state index in [9.17, 15) is 10.1 Å². The van der Waals surface area contributed by atoms with Gasteiger partial charge in [0.05, 0.1) is 33.7 Å². The minimum Gasteiger partial charge on any atom is -0.486 e. The van der Waals surface area contributed by atoms with E-state index in [0.717, 1.165) is 5.69 Å². The lowest BCUT2D eigenvalue weighted by molar-refractivity contribution is -0.114. The molecule has 2 heterocycles. The van der Waals surface area contributed by atoms with Crippen LogP contribution in [-0.2, 0) is 17.8 Å². The summed E-state index contributed by atoms with van der Waals surface area (Å²) >= 11 is 6.52. The van der Waals surface area contributed by atoms with Crippen molar-refractivity contribution < 1.29 is 14.3 Å². The highest BCUT2D eigenvalue weighted by Crippen LogP contribution is 2.36. The van der Waals surface area contributed by atoms with Crippen molar-refractivity contribution in [2.45, 2.75) is 13.0 Å². The molecule has 4 rings (SSSR count). The standard InChI is InChI=1S/C31H28ClN5O3/c1-4-39-30-17-28-26(15-21(30)14-25(38)9-7-13-37(2)3)31(22(18-33)19-35-28)36-23-10-11-29(27(32)16-23)40-20-24-8-5-6-12-34-24/h4-12,15-17,19H,1,13-14,20H2,2-3H3,(H,35,36)/b9-7+. The number of nitriles is 1. The van der Waals surface area contributed by atoms with E-state index in [-0.39, 0.29) is 18.8 Å². The summed E-state index contributed by atoms with van der Waals surface area (Å²) in [5.74, 6) is 0.895. The van der Waals surface area contributed by atoms with E-state index in [2.05, 4.69) is 27.9 Å². The zero-order valence-electron chi connectivity index (χ0n) is 22.2. The third-order valence-electron chi connectivity index (χ3n) is 5.82. The predicted octanol–water partition coefficient (Wildman–Crippen LogP) is 6.23. The van der Waals surface area contributed by atoms with Gasteiger partial charge in [0.15, 0.2) is 5.78 Å². The van der Waals surface area contributed by atoms with Crippen molar-refractivity contribution in [3.05, 3.63) is 108 Å². The predicted molar refractivity (Wildman–Crippen MR) is 157 cm³/mol. The number of pyridine rings is 2. The van der Waals surface area contributed by atoms with Crippen molar-refractivity contribution in [1.82, 2.24) is 14.9 Å². The van der Waals surface area contributed by atoms with E-state index >= 15 is 0 Å². The molecule has 0 atom stereocenters. The van der Waals surface area contributed by atoms with Crippen LogP contribution in [0.25, 0.3) is 10.9 Å². The number of carbonyl (C=O) groups excluding carboxylic acids is 1. The fourth-order valence-electron chi connectivity index (χ4n) is 3.94. The number of ether oxygens (including phenoxy) is 2. The lowest BCUT2D eigenvalue weighted by Gasteiger charge is -2.15. The van der Waals surface area contributed by atoms with Crippen LogP contribution in [0.4, 0.5) is 11.4 Å². The molecule has 0 spiro atoms. The van der Waals surface area contributed by atoms with Crippen LogP contribution in [0.1, 0.15) is 16.8 Å². The Bertz CT molecular complexity index is 1600. The number of fused-ring (bicyclic) bond motifs is 1. The largest absolute Gasteiger partial charge is 0.486 e. The van der Waals surface area contributed by atoms with Gasteiger partial charge in [-0.25, -0.2) is 0 Å². The Labute approximate surface area is 238 Å². The number of anilines is 2. The Balaban J connectivity index is 1.65. The number of carbonyl (C=O) groups is 1. The zero-order valence-corrected chi connectivity index (χ0v) is 23.0. The summed E-state index contributed by atoms with van der Waals surface area (Å²) in [5, 5.41) is 14.2. The molecule has 0 amide bonds. The number of nitrogens with zero attached hydrogens (tertiary/aromatic N) is 4. The van der Waals surface area contributed by atoms with Crippen molar-refractivity contribution in [3.8, 4) is 17.6 Å². The highest BCUT2D eigenvalue weighted by atomic mass is 35.5. The molecule has 8 nitrogen and oxygen atoms in total. The van der Waals surface area contributed by atoms with Crippen LogP contribution in [-0.4, -0.2) is 41.3 Å². The summed E-state index contributed by atoms with van der Waals surface area (Å²) in [6, 6.07) is 16.6. The number of ketones is 1. The molecule has 4 aromatic rings. The molecule has 0 aliphatic carbocycles. The number of likely N-dealkylation sites (N-methyl/N-ethyl adjacent to an activating group) is 1. The molecule has 0 aliphatic heterocycles. The van der Waals surface area contributed by atoms with Crippen LogP contribution in [0.15, 0.2) is 85.9 Å². The molecule has 0 unspecified atom stereocenters. The molecule has 0 saturated carbocycles. The van der Waals surface area contributed by atoms with Gasteiger partial charge in [0, 0.05) is 48.1 Å². The Morgan fingerprint density at radius 2 is 2.02 bits per heavy atom. The third kappa shape index (κ3) is 7.23. The molecule has 0 saturated heterocycles. The molecule has 1 N–H and O–H groups in total. The van der Waals surface area contributed by atoms with Crippen molar-refractivity contribution >= 4 is 39.7 Å². The molecule has 40 heavy (non-hydrogen) atoms. The first-order valence-corrected chi connectivity index (χ1v) is 12.8. The van der Waals surface area contributed by atoms with Crippen molar-refractivity contribution in [3.63, 3.8) is 0 Å². The summed E-state index contributed by atoms with van der Waals surface area (Å²) in [6.45, 7) is 4.57. The number of benzene rings is 2. The first-order chi connectivity index (χ1) is 19.4. The maximum absolute atomic E-state index is 12.7. The number of aromatic nitrogens is 2. The van der Waals surface area contributed by atoms with Crippen molar-refractivity contribution in [1.29, 1.82) is 5.26 Å². The smallest absolute Gasteiger partial charge is 0.159 e. The molecule has 202 valence electrons. The monoisotopic (exact) mass is 553 g/mol. The van der Waals surface area contributed by atoms with Gasteiger partial charge in [-0.3, -0.25) is 14.8 Å². The van der Waals surface area contributed by atoms with Gasteiger partial charge in [-0.1, -0.05) is 30.3 Å². The molecular weight excluding hydrogens is 526 g/mol. The lowest BCUT2D eigenvalue weighted by atomic mass is 10.0. The van der Waals surface area contributed by atoms with Gasteiger partial charge in [0.2, 0.25) is 0 Å². The highest BCUT2D eigenvalue weighted by Gasteiger charge is 2.16. The Hall–Kier alpha value is -4.71. The summed E-state index contributed by atoms with van der Waals surface area (Å²) in [4.78, 5) is 23.3. The third-order valence-corrected chi connectivity index (χ3v) is 6.12. The summed E-state index contributed by atoms with van der Waals surface area (Å²) < 4.78 is 11.4. The van der Waals surface area contributed by atoms with Gasteiger partial charge < -0.3 is 19.7 Å². The van der Waals surface area contributed by atoms with Crippen LogP contribution in [0, 0.1) is 11.3 Å². The van der Waals surface area contributed by atoms with E-state index in [1.54, 1.807) is 30.5 Å². The van der Waals surface area contributed by atoms with E-state index < -0.39 is 0 Å². The van der Waals surface area contributed by atoms with Gasteiger partial charge in [0.25, 0.3) is 0 Å². The molecule has 0 aliphatic rings. The van der Waals surface area contributed by atoms with Crippen molar-refractivity contribution in [2.24, 2.45) is 0 Å². The van der Waals surface area contributed by atoms with Gasteiger partial charge in [-0.2, -0.15) is 5.26 Å². The second-order valence-corrected chi connectivity index (χ2v) is 9.52. The first kappa shape index (κ1) is 28.3. The van der Waals surface area contributed by atoms with Crippen LogP contribution in [0.5, 0.6) is 11.5 Å². The number of halogens is 1. The Morgan fingerprint density at radius 3 is 2.73 bits per heavy atom. The first-order valence-electron chi connectivity index (χ1n) is 12.4. The van der Waals surface area contributed by atoms with E-state index in [0.29, 0.717) is 56.5 Å². The quantitative estimate of drug-likeness (QED) is 0.163. The number of hydrogen-bond donors (Lipinski definition) is 1. The molecule has 0 bridgehead atoms. The molecule has 0 fully saturated rings. The number of allylic oxidation sites excluding steroid dienone is 1. The van der Waals surface area contributed by atoms with E-state index in [1.165, 1.54) is 12.5 Å². The van der Waals surface area contributed by atoms with Gasteiger partial charge in [-0.05, 0) is 56.6 Å². The van der Waals surface area contributed by atoms with Gasteiger partial charge >= 0.3 is 0 Å². The van der Waals surface area contributed by atoms with Crippen molar-refractivity contribution in [2.75, 3.05) is 26.0 Å². The number of nitrogens with one attached hydrogen (secondary N) is 1. The normalized spacial score (nSPS) is 11.0. The van der Waals surface area contributed by atoms with Crippen LogP contribution < -0.4 is 14.8 Å². The average molecular weight is 554 g/mol. The van der Waals surface area contributed by atoms with Crippen LogP contribution in [0.3, 0.4) is 0 Å². The summed E-state index contributed by atoms with van der Waals surface area (Å²) in [5.41, 5.74) is 3.52. The second-order valence-electron chi connectivity index (χ2n) is 9.11. The zero-order chi connectivity index (χ0) is 28.5. The number of rotatable bonds is 12. The van der Waals surface area contributed by atoms with E-state index in [1.807, 2.05) is 55.4 Å². The molecular formula is C31H28ClN5O3. The maximum Gasteiger partial charge on any atom is 0.159 e.